The first-order chi connectivity index (χ1) is 15.4. The molecule has 0 spiro atoms. The lowest BCUT2D eigenvalue weighted by molar-refractivity contribution is -0.131. The molecule has 2 saturated heterocycles. The van der Waals surface area contributed by atoms with Crippen molar-refractivity contribution in [2.24, 2.45) is 0 Å². The summed E-state index contributed by atoms with van der Waals surface area (Å²) in [5.41, 5.74) is 0.675. The van der Waals surface area contributed by atoms with E-state index in [0.29, 0.717) is 24.1 Å². The number of likely N-dealkylation sites (tertiary alicyclic amines) is 1. The number of sulfone groups is 1. The van der Waals surface area contributed by atoms with E-state index in [2.05, 4.69) is 5.32 Å². The minimum Gasteiger partial charge on any atom is -0.376 e. The van der Waals surface area contributed by atoms with Crippen LogP contribution in [-0.2, 0) is 30.7 Å². The SMILES string of the molecule is O=C(CS(=O)(=O)c1cn(CC(=O)N2CCCCCC2)c2ccccc12)NC[C@H]1CCCO1. The van der Waals surface area contributed by atoms with Crippen LogP contribution in [0.2, 0.25) is 0 Å². The minimum atomic E-state index is -3.88. The summed E-state index contributed by atoms with van der Waals surface area (Å²) in [6.07, 6.45) is 7.54. The molecule has 32 heavy (non-hydrogen) atoms. The maximum atomic E-state index is 13.1. The lowest BCUT2D eigenvalue weighted by Gasteiger charge is -2.20. The number of aromatic nitrogens is 1. The zero-order valence-electron chi connectivity index (χ0n) is 18.3. The number of nitrogens with zero attached hydrogens (tertiary/aromatic N) is 2. The Kier molecular flexibility index (Phi) is 7.15. The van der Waals surface area contributed by atoms with Crippen LogP contribution in [0.1, 0.15) is 38.5 Å². The van der Waals surface area contributed by atoms with Gasteiger partial charge in [-0.25, -0.2) is 8.42 Å². The van der Waals surface area contributed by atoms with E-state index in [-0.39, 0.29) is 23.5 Å². The second kappa shape index (κ2) is 10.0. The fourth-order valence-electron chi connectivity index (χ4n) is 4.49. The quantitative estimate of drug-likeness (QED) is 0.681. The molecule has 0 aliphatic carbocycles. The molecule has 4 rings (SSSR count). The van der Waals surface area contributed by atoms with E-state index >= 15 is 0 Å². The van der Waals surface area contributed by atoms with Gasteiger partial charge in [0.15, 0.2) is 9.84 Å². The first-order valence-electron chi connectivity index (χ1n) is 11.4. The second-order valence-corrected chi connectivity index (χ2v) is 10.6. The maximum Gasteiger partial charge on any atom is 0.242 e. The van der Waals surface area contributed by atoms with E-state index in [1.54, 1.807) is 16.7 Å². The number of hydrogen-bond donors (Lipinski definition) is 1. The van der Waals surface area contributed by atoms with Gasteiger partial charge >= 0.3 is 0 Å². The Balaban J connectivity index is 1.50. The van der Waals surface area contributed by atoms with Crippen molar-refractivity contribution in [2.75, 3.05) is 32.0 Å². The van der Waals surface area contributed by atoms with Crippen molar-refractivity contribution in [3.8, 4) is 0 Å². The average Bonchev–Trinajstić information content (AvgIpc) is 3.33. The molecule has 1 aromatic carbocycles. The molecule has 174 valence electrons. The fraction of sp³-hybridized carbons (Fsp3) is 0.565. The van der Waals surface area contributed by atoms with Gasteiger partial charge in [0, 0.05) is 43.3 Å². The number of benzene rings is 1. The van der Waals surface area contributed by atoms with Crippen molar-refractivity contribution in [3.05, 3.63) is 30.5 Å². The fourth-order valence-corrected chi connectivity index (χ4v) is 5.89. The summed E-state index contributed by atoms with van der Waals surface area (Å²) in [6.45, 7) is 2.57. The third-order valence-corrected chi connectivity index (χ3v) is 7.86. The highest BCUT2D eigenvalue weighted by molar-refractivity contribution is 7.92. The van der Waals surface area contributed by atoms with Crippen molar-refractivity contribution in [3.63, 3.8) is 0 Å². The monoisotopic (exact) mass is 461 g/mol. The molecule has 1 N–H and O–H groups in total. The van der Waals surface area contributed by atoms with Gasteiger partial charge in [0.05, 0.1) is 11.0 Å². The topological polar surface area (TPSA) is 97.7 Å². The highest BCUT2D eigenvalue weighted by atomic mass is 32.2. The van der Waals surface area contributed by atoms with E-state index in [4.69, 9.17) is 4.74 Å². The van der Waals surface area contributed by atoms with Crippen LogP contribution in [0.5, 0.6) is 0 Å². The maximum absolute atomic E-state index is 13.1. The number of carbonyl (C=O) groups excluding carboxylic acids is 2. The van der Waals surface area contributed by atoms with Crippen molar-refractivity contribution >= 4 is 32.6 Å². The lowest BCUT2D eigenvalue weighted by atomic mass is 10.2. The van der Waals surface area contributed by atoms with E-state index in [9.17, 15) is 18.0 Å². The highest BCUT2D eigenvalue weighted by Crippen LogP contribution is 2.27. The van der Waals surface area contributed by atoms with Gasteiger partial charge in [-0.3, -0.25) is 9.59 Å². The van der Waals surface area contributed by atoms with Crippen molar-refractivity contribution in [2.45, 2.75) is 56.1 Å². The number of carbonyl (C=O) groups is 2. The zero-order valence-corrected chi connectivity index (χ0v) is 19.1. The third kappa shape index (κ3) is 5.32. The molecule has 9 heteroatoms. The number of para-hydroxylation sites is 1. The Labute approximate surface area is 188 Å². The Morgan fingerprint density at radius 2 is 1.81 bits per heavy atom. The zero-order chi connectivity index (χ0) is 22.6. The van der Waals surface area contributed by atoms with E-state index in [1.165, 1.54) is 6.20 Å². The summed E-state index contributed by atoms with van der Waals surface area (Å²) in [6, 6.07) is 7.11. The van der Waals surface area contributed by atoms with Gasteiger partial charge < -0.3 is 19.5 Å². The van der Waals surface area contributed by atoms with Crippen molar-refractivity contribution in [1.29, 1.82) is 0 Å². The van der Waals surface area contributed by atoms with Crippen LogP contribution in [0, 0.1) is 0 Å². The number of rotatable bonds is 7. The van der Waals surface area contributed by atoms with E-state index < -0.39 is 21.5 Å². The third-order valence-electron chi connectivity index (χ3n) is 6.22. The Morgan fingerprint density at radius 3 is 2.53 bits per heavy atom. The first kappa shape index (κ1) is 22.8. The molecular weight excluding hydrogens is 430 g/mol. The summed E-state index contributed by atoms with van der Waals surface area (Å²) in [4.78, 5) is 27.2. The molecule has 2 aliphatic rings. The molecule has 8 nitrogen and oxygen atoms in total. The average molecular weight is 462 g/mol. The van der Waals surface area contributed by atoms with Gasteiger partial charge in [0.25, 0.3) is 0 Å². The van der Waals surface area contributed by atoms with Gasteiger partial charge in [0.2, 0.25) is 11.8 Å². The van der Waals surface area contributed by atoms with Gasteiger partial charge in [0.1, 0.15) is 12.3 Å². The standard InChI is InChI=1S/C23H31N3O5S/c27-22(24-14-18-8-7-13-31-18)17-32(29,30)21-15-26(20-10-4-3-9-19(20)21)16-23(28)25-11-5-1-2-6-12-25/h3-4,9-10,15,18H,1-2,5-8,11-14,16-17H2,(H,24,27)/t18-/m1/s1. The number of amides is 2. The van der Waals surface area contributed by atoms with Gasteiger partial charge in [-0.1, -0.05) is 31.0 Å². The Morgan fingerprint density at radius 1 is 1.06 bits per heavy atom. The number of ether oxygens (including phenoxy) is 1. The predicted octanol–water partition coefficient (Wildman–Crippen LogP) is 2.11. The number of fused-ring (bicyclic) bond motifs is 1. The molecule has 2 amide bonds. The summed E-state index contributed by atoms with van der Waals surface area (Å²) in [7, 11) is -3.88. The molecule has 0 saturated carbocycles. The molecule has 2 fully saturated rings. The second-order valence-electron chi connectivity index (χ2n) is 8.63. The van der Waals surface area contributed by atoms with Crippen molar-refractivity contribution in [1.82, 2.24) is 14.8 Å². The predicted molar refractivity (Wildman–Crippen MR) is 121 cm³/mol. The molecule has 2 aromatic rings. The number of nitrogens with one attached hydrogen (secondary N) is 1. The van der Waals surface area contributed by atoms with Gasteiger partial charge in [-0.2, -0.15) is 0 Å². The summed E-state index contributed by atoms with van der Waals surface area (Å²) in [5, 5.41) is 3.21. The van der Waals surface area contributed by atoms with Crippen LogP contribution >= 0.6 is 0 Å². The van der Waals surface area contributed by atoms with Crippen LogP contribution in [0.4, 0.5) is 0 Å². The van der Waals surface area contributed by atoms with Gasteiger partial charge in [-0.05, 0) is 31.7 Å². The first-order valence-corrected chi connectivity index (χ1v) is 13.1. The van der Waals surface area contributed by atoms with E-state index in [0.717, 1.165) is 51.6 Å². The normalized spacial score (nSPS) is 19.8. The van der Waals surface area contributed by atoms with E-state index in [1.807, 2.05) is 17.0 Å². The van der Waals surface area contributed by atoms with Crippen LogP contribution in [-0.4, -0.2) is 67.8 Å². The minimum absolute atomic E-state index is 0.00842. The largest absolute Gasteiger partial charge is 0.376 e. The van der Waals surface area contributed by atoms with Crippen LogP contribution < -0.4 is 5.32 Å². The summed E-state index contributed by atoms with van der Waals surface area (Å²) >= 11 is 0. The molecule has 1 atom stereocenters. The van der Waals surface area contributed by atoms with Crippen molar-refractivity contribution < 1.29 is 22.7 Å². The molecule has 1 aromatic heterocycles. The molecular formula is C23H31N3O5S. The molecule has 0 radical (unpaired) electrons. The molecule has 3 heterocycles. The van der Waals surface area contributed by atoms with Crippen LogP contribution in [0.3, 0.4) is 0 Å². The molecule has 2 aliphatic heterocycles. The van der Waals surface area contributed by atoms with Crippen LogP contribution in [0.15, 0.2) is 35.4 Å². The Hall–Kier alpha value is -2.39. The smallest absolute Gasteiger partial charge is 0.242 e. The summed E-state index contributed by atoms with van der Waals surface area (Å²) in [5.74, 6) is -1.18. The van der Waals surface area contributed by atoms with Gasteiger partial charge in [-0.15, -0.1) is 0 Å². The Bertz CT molecular complexity index is 1060. The molecule has 0 unspecified atom stereocenters. The summed E-state index contributed by atoms with van der Waals surface area (Å²) < 4.78 is 33.4. The molecule has 0 bridgehead atoms. The lowest BCUT2D eigenvalue weighted by Crippen LogP contribution is -2.35. The highest BCUT2D eigenvalue weighted by Gasteiger charge is 2.26. The number of hydrogen-bond acceptors (Lipinski definition) is 5. The van der Waals surface area contributed by atoms with Crippen LogP contribution in [0.25, 0.3) is 10.9 Å².